The van der Waals surface area contributed by atoms with Gasteiger partial charge in [-0.1, -0.05) is 42.4 Å². The lowest BCUT2D eigenvalue weighted by molar-refractivity contribution is 0.0564. The van der Waals surface area contributed by atoms with E-state index >= 15 is 0 Å². The topological polar surface area (TPSA) is 84.1 Å². The summed E-state index contributed by atoms with van der Waals surface area (Å²) >= 11 is 0. The van der Waals surface area contributed by atoms with Crippen LogP contribution in [0, 0.1) is 12.8 Å². The van der Waals surface area contributed by atoms with Crippen molar-refractivity contribution in [2.45, 2.75) is 72.2 Å². The van der Waals surface area contributed by atoms with Gasteiger partial charge in [-0.15, -0.1) is 0 Å². The predicted octanol–water partition coefficient (Wildman–Crippen LogP) is 4.26. The highest BCUT2D eigenvalue weighted by Crippen LogP contribution is 2.41. The lowest BCUT2D eigenvalue weighted by Crippen LogP contribution is -2.33. The molecule has 0 unspecified atom stereocenters. The molecule has 2 N–H and O–H groups in total. The van der Waals surface area contributed by atoms with Crippen LogP contribution in [0.4, 0.5) is 0 Å². The summed E-state index contributed by atoms with van der Waals surface area (Å²) in [5.41, 5.74) is 3.16. The summed E-state index contributed by atoms with van der Waals surface area (Å²) in [5, 5.41) is 10.5. The molecule has 0 radical (unpaired) electrons. The van der Waals surface area contributed by atoms with Crippen LogP contribution in [-0.4, -0.2) is 42.1 Å². The van der Waals surface area contributed by atoms with Crippen LogP contribution >= 0.6 is 0 Å². The third kappa shape index (κ3) is 5.89. The van der Waals surface area contributed by atoms with Crippen molar-refractivity contribution < 1.29 is 19.3 Å². The molecule has 2 heterocycles. The van der Waals surface area contributed by atoms with Crippen LogP contribution in [0.25, 0.3) is 0 Å². The number of allylic oxidation sites excluding steroid dienone is 5. The molecule has 0 bridgehead atoms. The van der Waals surface area contributed by atoms with E-state index in [2.05, 4.69) is 36.2 Å². The van der Waals surface area contributed by atoms with Crippen LogP contribution in [0.1, 0.15) is 52.3 Å². The van der Waals surface area contributed by atoms with E-state index in [-0.39, 0.29) is 23.2 Å². The molecule has 6 nitrogen and oxygen atoms in total. The molecule has 0 spiro atoms. The van der Waals surface area contributed by atoms with Crippen molar-refractivity contribution in [3.63, 3.8) is 0 Å². The van der Waals surface area contributed by atoms with Gasteiger partial charge in [0.15, 0.2) is 0 Å². The number of rotatable bonds is 10. The van der Waals surface area contributed by atoms with Gasteiger partial charge in [0.1, 0.15) is 5.60 Å². The Hall–Kier alpha value is -2.31. The number of methoxy groups -OCH3 is 2. The molecule has 0 saturated carbocycles. The maximum absolute atomic E-state index is 12.4. The van der Waals surface area contributed by atoms with E-state index in [0.717, 1.165) is 17.7 Å². The average molecular weight is 432 g/mol. The minimum absolute atomic E-state index is 0.0149. The number of aromatic amines is 1. The lowest BCUT2D eigenvalue weighted by atomic mass is 9.90. The van der Waals surface area contributed by atoms with Crippen LogP contribution in [0.5, 0.6) is 11.6 Å². The molecule has 2 rings (SSSR count). The molecular formula is C25H37NO5. The van der Waals surface area contributed by atoms with Gasteiger partial charge in [0, 0.05) is 23.6 Å². The number of ether oxygens (including phenoxy) is 3. The highest BCUT2D eigenvalue weighted by atomic mass is 16.6. The molecule has 6 heteroatoms. The van der Waals surface area contributed by atoms with Gasteiger partial charge in [-0.3, -0.25) is 4.79 Å². The van der Waals surface area contributed by atoms with Crippen molar-refractivity contribution in [3.05, 3.63) is 56.9 Å². The highest BCUT2D eigenvalue weighted by molar-refractivity contribution is 5.40. The molecule has 1 saturated heterocycles. The standard InChI is InChI=1S/C25H37NO5/c1-15(12-13-20-18(4)21(27)22(29-7)24(26-20)30-8)10-9-11-16(2)14-17(3)23(28)25(6)19(5)31-25/h9,11-12,14,17,19,23,28H,10,13H2,1-8H3,(H,26,27)/b11-9+,15-12+,16-14+/t17-,19-,23-,25+/m1/s1. The third-order valence-electron chi connectivity index (χ3n) is 6.15. The van der Waals surface area contributed by atoms with Gasteiger partial charge in [-0.05, 0) is 41.0 Å². The van der Waals surface area contributed by atoms with E-state index in [1.54, 1.807) is 6.92 Å². The molecule has 172 valence electrons. The summed E-state index contributed by atoms with van der Waals surface area (Å²) in [6.45, 7) is 11.8. The molecule has 0 amide bonds. The van der Waals surface area contributed by atoms with E-state index in [1.807, 2.05) is 27.7 Å². The third-order valence-corrected chi connectivity index (χ3v) is 6.15. The largest absolute Gasteiger partial charge is 0.488 e. The van der Waals surface area contributed by atoms with E-state index in [0.29, 0.717) is 17.9 Å². The van der Waals surface area contributed by atoms with Gasteiger partial charge >= 0.3 is 0 Å². The first kappa shape index (κ1) is 25.0. The molecule has 31 heavy (non-hydrogen) atoms. The first-order valence-electron chi connectivity index (χ1n) is 10.7. The first-order chi connectivity index (χ1) is 14.5. The van der Waals surface area contributed by atoms with Gasteiger partial charge in [0.05, 0.1) is 26.4 Å². The Labute approximate surface area is 185 Å². The minimum atomic E-state index is -0.514. The fourth-order valence-corrected chi connectivity index (χ4v) is 3.76. The number of epoxide rings is 1. The number of nitrogens with one attached hydrogen (secondary N) is 1. The van der Waals surface area contributed by atoms with Gasteiger partial charge in [0.25, 0.3) is 0 Å². The maximum atomic E-state index is 12.4. The second kappa shape index (κ2) is 10.3. The average Bonchev–Trinajstić information content (AvgIpc) is 3.35. The molecule has 1 aromatic rings. The molecule has 1 aliphatic heterocycles. The molecule has 4 atom stereocenters. The minimum Gasteiger partial charge on any atom is -0.488 e. The molecule has 1 aliphatic rings. The molecule has 0 aliphatic carbocycles. The number of hydrogen-bond donors (Lipinski definition) is 2. The number of pyridine rings is 1. The zero-order valence-electron chi connectivity index (χ0n) is 20.0. The van der Waals surface area contributed by atoms with Crippen molar-refractivity contribution in [2.24, 2.45) is 5.92 Å². The summed E-state index contributed by atoms with van der Waals surface area (Å²) in [6.07, 6.45) is 9.37. The van der Waals surface area contributed by atoms with Crippen molar-refractivity contribution in [1.29, 1.82) is 0 Å². The second-order valence-electron chi connectivity index (χ2n) is 8.64. The fourth-order valence-electron chi connectivity index (χ4n) is 3.76. The van der Waals surface area contributed by atoms with Crippen molar-refractivity contribution in [2.75, 3.05) is 14.2 Å². The first-order valence-corrected chi connectivity index (χ1v) is 10.7. The Morgan fingerprint density at radius 2 is 1.97 bits per heavy atom. The lowest BCUT2D eigenvalue weighted by Gasteiger charge is -2.20. The quantitative estimate of drug-likeness (QED) is 0.329. The number of H-pyrrole nitrogens is 1. The summed E-state index contributed by atoms with van der Waals surface area (Å²) in [7, 11) is 2.97. The predicted molar refractivity (Wildman–Crippen MR) is 124 cm³/mol. The van der Waals surface area contributed by atoms with Crippen LogP contribution in [-0.2, 0) is 11.2 Å². The van der Waals surface area contributed by atoms with Crippen molar-refractivity contribution in [3.8, 4) is 11.6 Å². The summed E-state index contributed by atoms with van der Waals surface area (Å²) in [4.78, 5) is 15.6. The van der Waals surface area contributed by atoms with E-state index in [4.69, 9.17) is 14.2 Å². The Morgan fingerprint density at radius 1 is 1.32 bits per heavy atom. The van der Waals surface area contributed by atoms with Crippen LogP contribution in [0.15, 0.2) is 40.2 Å². The van der Waals surface area contributed by atoms with Crippen LogP contribution < -0.4 is 14.9 Å². The van der Waals surface area contributed by atoms with Gasteiger partial charge in [-0.25, -0.2) is 0 Å². The number of aliphatic hydroxyl groups excluding tert-OH is 1. The molecule has 0 aromatic carbocycles. The zero-order valence-corrected chi connectivity index (χ0v) is 20.0. The second-order valence-corrected chi connectivity index (χ2v) is 8.64. The maximum Gasteiger partial charge on any atom is 0.238 e. The van der Waals surface area contributed by atoms with E-state index in [1.165, 1.54) is 19.8 Å². The number of aliphatic hydroxyl groups is 1. The monoisotopic (exact) mass is 431 g/mol. The highest BCUT2D eigenvalue weighted by Gasteiger charge is 2.55. The van der Waals surface area contributed by atoms with Crippen LogP contribution in [0.2, 0.25) is 0 Å². The molecule has 1 aromatic heterocycles. The van der Waals surface area contributed by atoms with Crippen LogP contribution in [0.3, 0.4) is 0 Å². The number of aromatic nitrogens is 1. The number of hydrogen-bond acceptors (Lipinski definition) is 5. The van der Waals surface area contributed by atoms with Gasteiger partial charge < -0.3 is 24.3 Å². The Balaban J connectivity index is 1.98. The van der Waals surface area contributed by atoms with Crippen molar-refractivity contribution >= 4 is 0 Å². The Bertz CT molecular complexity index is 927. The summed E-state index contributed by atoms with van der Waals surface area (Å²) in [5.74, 6) is 0.558. The summed E-state index contributed by atoms with van der Waals surface area (Å²) < 4.78 is 15.9. The normalized spacial score (nSPS) is 23.7. The van der Waals surface area contributed by atoms with Crippen molar-refractivity contribution in [1.82, 2.24) is 4.98 Å². The zero-order chi connectivity index (χ0) is 23.3. The molecular weight excluding hydrogens is 394 g/mol. The van der Waals surface area contributed by atoms with E-state index < -0.39 is 11.7 Å². The SMILES string of the molecule is COc1[nH]c(C/C=C(\C)C/C=C/C(C)=C/[C@@H](C)[C@@H](O)[C@@]2(C)O[C@@H]2C)c(C)c(=O)c1OC. The molecule has 1 fully saturated rings. The van der Waals surface area contributed by atoms with Gasteiger partial charge in [0.2, 0.25) is 17.1 Å². The van der Waals surface area contributed by atoms with Gasteiger partial charge in [-0.2, -0.15) is 0 Å². The smallest absolute Gasteiger partial charge is 0.238 e. The Morgan fingerprint density at radius 3 is 2.52 bits per heavy atom. The Kier molecular flexibility index (Phi) is 8.32. The fraction of sp³-hybridized carbons (Fsp3) is 0.560. The van der Waals surface area contributed by atoms with E-state index in [9.17, 15) is 9.90 Å². The summed E-state index contributed by atoms with van der Waals surface area (Å²) in [6, 6.07) is 0.